The van der Waals surface area contributed by atoms with Crippen LogP contribution in [0.4, 0.5) is 0 Å². The Morgan fingerprint density at radius 3 is 2.53 bits per heavy atom. The zero-order chi connectivity index (χ0) is 22.8. The molecule has 2 aromatic carbocycles. The molecule has 0 aliphatic heterocycles. The zero-order valence-corrected chi connectivity index (χ0v) is 19.6. The van der Waals surface area contributed by atoms with Crippen LogP contribution in [0.5, 0.6) is 0 Å². The lowest BCUT2D eigenvalue weighted by Gasteiger charge is -2.15. The van der Waals surface area contributed by atoms with Crippen LogP contribution in [0.1, 0.15) is 37.8 Å². The highest BCUT2D eigenvalue weighted by Gasteiger charge is 2.20. The van der Waals surface area contributed by atoms with E-state index in [0.717, 1.165) is 35.2 Å². The molecule has 4 rings (SSSR count). The Morgan fingerprint density at radius 2 is 1.81 bits per heavy atom. The second kappa shape index (κ2) is 9.16. The van der Waals surface area contributed by atoms with E-state index in [4.69, 9.17) is 0 Å². The second-order valence-electron chi connectivity index (χ2n) is 8.06. The van der Waals surface area contributed by atoms with Gasteiger partial charge in [0.2, 0.25) is 11.7 Å². The van der Waals surface area contributed by atoms with Crippen LogP contribution >= 0.6 is 11.8 Å². The highest BCUT2D eigenvalue weighted by atomic mass is 32.2. The number of rotatable bonds is 7. The predicted molar refractivity (Wildman–Crippen MR) is 129 cm³/mol. The summed E-state index contributed by atoms with van der Waals surface area (Å²) in [4.78, 5) is 25.9. The number of nitrogens with one attached hydrogen (secondary N) is 1. The van der Waals surface area contributed by atoms with Crippen molar-refractivity contribution in [3.05, 3.63) is 63.9 Å². The largest absolute Gasteiger partial charge is 0.353 e. The van der Waals surface area contributed by atoms with E-state index in [2.05, 4.69) is 22.4 Å². The summed E-state index contributed by atoms with van der Waals surface area (Å²) in [5.74, 6) is 0.625. The Balaban J connectivity index is 1.84. The number of hydrogen-bond donors (Lipinski definition) is 1. The molecule has 0 saturated carbocycles. The molecular weight excluding hydrogens is 422 g/mol. The van der Waals surface area contributed by atoms with Crippen molar-refractivity contribution in [3.63, 3.8) is 0 Å². The maximum atomic E-state index is 13.5. The minimum atomic E-state index is -0.138. The number of fused-ring (bicyclic) bond motifs is 3. The molecule has 4 aromatic rings. The van der Waals surface area contributed by atoms with Crippen molar-refractivity contribution in [1.82, 2.24) is 24.5 Å². The highest BCUT2D eigenvalue weighted by molar-refractivity contribution is 7.99. The SMILES string of the molecule is CCCC(C)NC(=O)CSc1nnc2n(-c3c(C)cccc3C)c(=O)c3ccccc3n12. The van der Waals surface area contributed by atoms with E-state index in [9.17, 15) is 9.59 Å². The molecule has 2 heterocycles. The first-order valence-electron chi connectivity index (χ1n) is 10.8. The van der Waals surface area contributed by atoms with E-state index in [1.54, 1.807) is 4.57 Å². The van der Waals surface area contributed by atoms with E-state index in [1.807, 2.05) is 67.6 Å². The first kappa shape index (κ1) is 22.1. The first-order valence-corrected chi connectivity index (χ1v) is 11.8. The van der Waals surface area contributed by atoms with Gasteiger partial charge in [-0.15, -0.1) is 10.2 Å². The molecule has 166 valence electrons. The molecule has 0 aliphatic rings. The number of amides is 1. The molecule has 7 nitrogen and oxygen atoms in total. The van der Waals surface area contributed by atoms with Gasteiger partial charge in [-0.2, -0.15) is 0 Å². The molecule has 1 unspecified atom stereocenters. The number of para-hydroxylation sites is 2. The van der Waals surface area contributed by atoms with E-state index >= 15 is 0 Å². The lowest BCUT2D eigenvalue weighted by molar-refractivity contribution is -0.119. The van der Waals surface area contributed by atoms with Crippen LogP contribution in [0, 0.1) is 13.8 Å². The Kier molecular flexibility index (Phi) is 6.32. The summed E-state index contributed by atoms with van der Waals surface area (Å²) < 4.78 is 3.50. The lowest BCUT2D eigenvalue weighted by Crippen LogP contribution is -2.33. The van der Waals surface area contributed by atoms with Gasteiger partial charge in [-0.05, 0) is 50.5 Å². The van der Waals surface area contributed by atoms with Gasteiger partial charge in [-0.1, -0.05) is 55.4 Å². The molecule has 1 N–H and O–H groups in total. The Hall–Kier alpha value is -3.13. The molecule has 1 amide bonds. The standard InChI is InChI=1S/C24H27N5O2S/c1-5-9-17(4)25-20(30)14-32-24-27-26-23-28(24)19-13-7-6-12-18(19)22(31)29(23)21-15(2)10-8-11-16(21)3/h6-8,10-13,17H,5,9,14H2,1-4H3,(H,25,30). The molecule has 0 radical (unpaired) electrons. The van der Waals surface area contributed by atoms with Gasteiger partial charge in [0, 0.05) is 6.04 Å². The predicted octanol–water partition coefficient (Wildman–Crippen LogP) is 4.05. The number of thioether (sulfide) groups is 1. The van der Waals surface area contributed by atoms with Crippen LogP contribution in [0.15, 0.2) is 52.4 Å². The quantitative estimate of drug-likeness (QED) is 0.431. The van der Waals surface area contributed by atoms with Crippen molar-refractivity contribution < 1.29 is 4.79 Å². The van der Waals surface area contributed by atoms with Crippen LogP contribution < -0.4 is 10.9 Å². The molecular formula is C24H27N5O2S. The lowest BCUT2D eigenvalue weighted by atomic mass is 10.1. The van der Waals surface area contributed by atoms with Gasteiger partial charge < -0.3 is 5.32 Å². The second-order valence-corrected chi connectivity index (χ2v) is 9.00. The fraction of sp³-hybridized carbons (Fsp3) is 0.333. The van der Waals surface area contributed by atoms with Crippen LogP contribution in [-0.4, -0.2) is 36.9 Å². The molecule has 1 atom stereocenters. The Bertz CT molecular complexity index is 1340. The van der Waals surface area contributed by atoms with Crippen LogP contribution in [0.3, 0.4) is 0 Å². The third-order valence-electron chi connectivity index (χ3n) is 5.52. The van der Waals surface area contributed by atoms with Crippen molar-refractivity contribution in [3.8, 4) is 5.69 Å². The fourth-order valence-corrected chi connectivity index (χ4v) is 4.84. The van der Waals surface area contributed by atoms with Gasteiger partial charge >= 0.3 is 0 Å². The summed E-state index contributed by atoms with van der Waals surface area (Å²) in [5.41, 5.74) is 3.35. The van der Waals surface area contributed by atoms with Crippen molar-refractivity contribution in [1.29, 1.82) is 0 Å². The van der Waals surface area contributed by atoms with Crippen LogP contribution in [0.2, 0.25) is 0 Å². The minimum absolute atomic E-state index is 0.0416. The van der Waals surface area contributed by atoms with Gasteiger partial charge in [-0.25, -0.2) is 4.57 Å². The van der Waals surface area contributed by atoms with Crippen LogP contribution in [0.25, 0.3) is 22.4 Å². The van der Waals surface area contributed by atoms with Crippen LogP contribution in [-0.2, 0) is 4.79 Å². The molecule has 32 heavy (non-hydrogen) atoms. The number of nitrogens with zero attached hydrogens (tertiary/aromatic N) is 4. The monoisotopic (exact) mass is 449 g/mol. The fourth-order valence-electron chi connectivity index (χ4n) is 4.08. The number of aromatic nitrogens is 4. The van der Waals surface area contributed by atoms with Gasteiger partial charge in [0.25, 0.3) is 5.56 Å². The average Bonchev–Trinajstić information content (AvgIpc) is 3.18. The van der Waals surface area contributed by atoms with Gasteiger partial charge in [0.15, 0.2) is 5.16 Å². The minimum Gasteiger partial charge on any atom is -0.353 e. The topological polar surface area (TPSA) is 81.3 Å². The molecule has 0 aliphatic carbocycles. The molecule has 2 aromatic heterocycles. The molecule has 0 bridgehead atoms. The Morgan fingerprint density at radius 1 is 1.09 bits per heavy atom. The Labute approximate surface area is 190 Å². The number of aryl methyl sites for hydroxylation is 2. The molecule has 8 heteroatoms. The summed E-state index contributed by atoms with van der Waals surface area (Å²) in [6, 6.07) is 13.5. The maximum absolute atomic E-state index is 13.5. The molecule has 0 spiro atoms. The normalized spacial score (nSPS) is 12.4. The summed E-state index contributed by atoms with van der Waals surface area (Å²) in [6.07, 6.45) is 1.96. The first-order chi connectivity index (χ1) is 15.4. The zero-order valence-electron chi connectivity index (χ0n) is 18.8. The third-order valence-corrected chi connectivity index (χ3v) is 6.45. The number of carbonyl (C=O) groups is 1. The van der Waals surface area contributed by atoms with Crippen molar-refractivity contribution in [2.24, 2.45) is 0 Å². The number of benzene rings is 2. The van der Waals surface area contributed by atoms with E-state index < -0.39 is 0 Å². The number of hydrogen-bond acceptors (Lipinski definition) is 5. The van der Waals surface area contributed by atoms with Crippen molar-refractivity contribution >= 4 is 34.3 Å². The summed E-state index contributed by atoms with van der Waals surface area (Å²) in [6.45, 7) is 8.07. The highest BCUT2D eigenvalue weighted by Crippen LogP contribution is 2.25. The number of carbonyl (C=O) groups excluding carboxylic acids is 1. The van der Waals surface area contributed by atoms with E-state index in [0.29, 0.717) is 16.3 Å². The van der Waals surface area contributed by atoms with Gasteiger partial charge in [0.05, 0.1) is 22.3 Å². The van der Waals surface area contributed by atoms with E-state index in [1.165, 1.54) is 11.8 Å². The van der Waals surface area contributed by atoms with Crippen molar-refractivity contribution in [2.75, 3.05) is 5.75 Å². The summed E-state index contributed by atoms with van der Waals surface area (Å²) in [5, 5.41) is 12.9. The maximum Gasteiger partial charge on any atom is 0.267 e. The van der Waals surface area contributed by atoms with Gasteiger partial charge in [0.1, 0.15) is 0 Å². The van der Waals surface area contributed by atoms with Gasteiger partial charge in [-0.3, -0.25) is 14.0 Å². The van der Waals surface area contributed by atoms with E-state index in [-0.39, 0.29) is 23.3 Å². The summed E-state index contributed by atoms with van der Waals surface area (Å²) in [7, 11) is 0. The molecule has 0 fully saturated rings. The average molecular weight is 450 g/mol. The third kappa shape index (κ3) is 4.02. The molecule has 0 saturated heterocycles. The smallest absolute Gasteiger partial charge is 0.267 e. The summed E-state index contributed by atoms with van der Waals surface area (Å²) >= 11 is 1.32. The van der Waals surface area contributed by atoms with Crippen molar-refractivity contribution in [2.45, 2.75) is 51.7 Å².